The number of alkyl halides is 3. The standard InChI is InChI=1S/C17H20F3N7O2/c18-17(19,20)12-9-11(10-22-13(12)21)14-23-15(26-1-5-28-6-2-26)25-16(24-14)27-3-7-29-8-4-27/h9-10H,1-8H2,(H2,21,22). The van der Waals surface area contributed by atoms with Gasteiger partial charge >= 0.3 is 6.18 Å². The molecule has 0 amide bonds. The number of rotatable bonds is 3. The van der Waals surface area contributed by atoms with E-state index in [0.717, 1.165) is 6.07 Å². The topological polar surface area (TPSA) is 103 Å². The molecule has 4 rings (SSSR count). The molecule has 2 aliphatic heterocycles. The molecular weight excluding hydrogens is 391 g/mol. The van der Waals surface area contributed by atoms with Crippen LogP contribution in [0.2, 0.25) is 0 Å². The molecule has 9 nitrogen and oxygen atoms in total. The second-order valence-corrected chi connectivity index (χ2v) is 6.61. The fourth-order valence-electron chi connectivity index (χ4n) is 3.12. The zero-order chi connectivity index (χ0) is 20.4. The van der Waals surface area contributed by atoms with E-state index in [4.69, 9.17) is 15.2 Å². The van der Waals surface area contributed by atoms with Gasteiger partial charge in [-0.1, -0.05) is 0 Å². The molecule has 0 bridgehead atoms. The Balaban J connectivity index is 1.77. The molecule has 156 valence electrons. The zero-order valence-corrected chi connectivity index (χ0v) is 15.5. The van der Waals surface area contributed by atoms with Gasteiger partial charge in [0, 0.05) is 37.9 Å². The average molecular weight is 411 g/mol. The van der Waals surface area contributed by atoms with Crippen molar-refractivity contribution in [2.75, 3.05) is 68.1 Å². The number of nitrogens with two attached hydrogens (primary N) is 1. The molecule has 0 aliphatic carbocycles. The van der Waals surface area contributed by atoms with Crippen molar-refractivity contribution in [1.82, 2.24) is 19.9 Å². The number of hydrogen-bond acceptors (Lipinski definition) is 9. The third-order valence-electron chi connectivity index (χ3n) is 4.68. The first kappa shape index (κ1) is 19.6. The van der Waals surface area contributed by atoms with Crippen LogP contribution in [0, 0.1) is 0 Å². The van der Waals surface area contributed by atoms with Gasteiger partial charge in [0.05, 0.1) is 32.0 Å². The van der Waals surface area contributed by atoms with Gasteiger partial charge in [-0.15, -0.1) is 0 Å². The van der Waals surface area contributed by atoms with Crippen LogP contribution in [0.25, 0.3) is 11.4 Å². The lowest BCUT2D eigenvalue weighted by Gasteiger charge is -2.30. The fourth-order valence-corrected chi connectivity index (χ4v) is 3.12. The third-order valence-corrected chi connectivity index (χ3v) is 4.68. The Morgan fingerprint density at radius 1 is 0.862 bits per heavy atom. The fraction of sp³-hybridized carbons (Fsp3) is 0.529. The van der Waals surface area contributed by atoms with Crippen LogP contribution in [0.1, 0.15) is 5.56 Å². The number of hydrogen-bond donors (Lipinski definition) is 1. The largest absolute Gasteiger partial charge is 0.419 e. The van der Waals surface area contributed by atoms with Gasteiger partial charge in [-0.3, -0.25) is 0 Å². The van der Waals surface area contributed by atoms with Gasteiger partial charge in [0.2, 0.25) is 11.9 Å². The highest BCUT2D eigenvalue weighted by atomic mass is 19.4. The summed E-state index contributed by atoms with van der Waals surface area (Å²) >= 11 is 0. The molecule has 2 aliphatic rings. The molecule has 2 saturated heterocycles. The van der Waals surface area contributed by atoms with E-state index < -0.39 is 17.6 Å². The number of ether oxygens (including phenoxy) is 2. The van der Waals surface area contributed by atoms with Crippen molar-refractivity contribution in [3.8, 4) is 11.4 Å². The van der Waals surface area contributed by atoms with Crippen LogP contribution >= 0.6 is 0 Å². The number of morpholine rings is 2. The Bertz CT molecular complexity index is 832. The highest BCUT2D eigenvalue weighted by Crippen LogP contribution is 2.35. The van der Waals surface area contributed by atoms with Gasteiger partial charge < -0.3 is 25.0 Å². The minimum Gasteiger partial charge on any atom is -0.383 e. The van der Waals surface area contributed by atoms with Gasteiger partial charge in [0.1, 0.15) is 5.82 Å². The van der Waals surface area contributed by atoms with Crippen molar-refractivity contribution < 1.29 is 22.6 Å². The lowest BCUT2D eigenvalue weighted by atomic mass is 10.1. The molecule has 2 N–H and O–H groups in total. The highest BCUT2D eigenvalue weighted by Gasteiger charge is 2.34. The number of halogens is 3. The van der Waals surface area contributed by atoms with E-state index in [2.05, 4.69) is 19.9 Å². The Kier molecular flexibility index (Phi) is 5.37. The SMILES string of the molecule is Nc1ncc(-c2nc(N3CCOCC3)nc(N3CCOCC3)n2)cc1C(F)(F)F. The quantitative estimate of drug-likeness (QED) is 0.798. The van der Waals surface area contributed by atoms with Crippen molar-refractivity contribution in [2.45, 2.75) is 6.18 Å². The Morgan fingerprint density at radius 3 is 1.86 bits per heavy atom. The first-order valence-electron chi connectivity index (χ1n) is 9.16. The Labute approximate surface area is 164 Å². The van der Waals surface area contributed by atoms with E-state index in [-0.39, 0.29) is 11.4 Å². The summed E-state index contributed by atoms with van der Waals surface area (Å²) in [5, 5.41) is 0. The summed E-state index contributed by atoms with van der Waals surface area (Å²) in [6, 6.07) is 0.920. The smallest absolute Gasteiger partial charge is 0.383 e. The first-order valence-corrected chi connectivity index (χ1v) is 9.16. The molecule has 29 heavy (non-hydrogen) atoms. The van der Waals surface area contributed by atoms with Crippen LogP contribution in [0.5, 0.6) is 0 Å². The van der Waals surface area contributed by atoms with E-state index in [9.17, 15) is 13.2 Å². The van der Waals surface area contributed by atoms with Gasteiger partial charge in [-0.2, -0.15) is 28.1 Å². The summed E-state index contributed by atoms with van der Waals surface area (Å²) < 4.78 is 50.5. The van der Waals surface area contributed by atoms with Crippen molar-refractivity contribution >= 4 is 17.7 Å². The maximum absolute atomic E-state index is 13.3. The number of nitrogens with zero attached hydrogens (tertiary/aromatic N) is 6. The first-order chi connectivity index (χ1) is 13.9. The number of anilines is 3. The summed E-state index contributed by atoms with van der Waals surface area (Å²) in [6.45, 7) is 4.43. The predicted octanol–water partition coefficient (Wildman–Crippen LogP) is 1.21. The average Bonchev–Trinajstić information content (AvgIpc) is 2.74. The monoisotopic (exact) mass is 411 g/mol. The van der Waals surface area contributed by atoms with Crippen molar-refractivity contribution in [2.24, 2.45) is 0 Å². The van der Waals surface area contributed by atoms with E-state index in [1.165, 1.54) is 6.20 Å². The summed E-state index contributed by atoms with van der Waals surface area (Å²) in [5.74, 6) is 0.313. The van der Waals surface area contributed by atoms with Crippen LogP contribution in [0.3, 0.4) is 0 Å². The maximum atomic E-state index is 13.3. The molecule has 4 heterocycles. The summed E-state index contributed by atoms with van der Waals surface area (Å²) in [5.41, 5.74) is 4.52. The normalized spacial score (nSPS) is 18.2. The van der Waals surface area contributed by atoms with Gasteiger partial charge in [-0.25, -0.2) is 4.98 Å². The number of aromatic nitrogens is 4. The number of pyridine rings is 1. The molecule has 0 atom stereocenters. The van der Waals surface area contributed by atoms with Crippen LogP contribution < -0.4 is 15.5 Å². The van der Waals surface area contributed by atoms with Gasteiger partial charge in [0.25, 0.3) is 0 Å². The second-order valence-electron chi connectivity index (χ2n) is 6.61. The Morgan fingerprint density at radius 2 is 1.38 bits per heavy atom. The molecule has 0 aromatic carbocycles. The number of nitrogen functional groups attached to an aromatic ring is 1. The van der Waals surface area contributed by atoms with Crippen molar-refractivity contribution in [3.05, 3.63) is 17.8 Å². The third kappa shape index (κ3) is 4.32. The minimum atomic E-state index is -4.62. The van der Waals surface area contributed by atoms with Crippen LogP contribution in [0.15, 0.2) is 12.3 Å². The molecule has 12 heteroatoms. The van der Waals surface area contributed by atoms with E-state index in [1.807, 2.05) is 9.80 Å². The summed E-state index contributed by atoms with van der Waals surface area (Å²) in [4.78, 5) is 20.9. The molecule has 2 aromatic rings. The summed E-state index contributed by atoms with van der Waals surface area (Å²) in [6.07, 6.45) is -3.38. The predicted molar refractivity (Wildman–Crippen MR) is 98.5 cm³/mol. The van der Waals surface area contributed by atoms with Gasteiger partial charge in [0.15, 0.2) is 5.82 Å². The molecule has 2 fully saturated rings. The van der Waals surface area contributed by atoms with E-state index in [0.29, 0.717) is 64.5 Å². The highest BCUT2D eigenvalue weighted by molar-refractivity contribution is 5.62. The zero-order valence-electron chi connectivity index (χ0n) is 15.5. The molecule has 0 radical (unpaired) electrons. The van der Waals surface area contributed by atoms with Crippen LogP contribution in [-0.4, -0.2) is 72.5 Å². The van der Waals surface area contributed by atoms with Crippen molar-refractivity contribution in [3.63, 3.8) is 0 Å². The molecule has 0 unspecified atom stereocenters. The van der Waals surface area contributed by atoms with E-state index in [1.54, 1.807) is 0 Å². The molecule has 0 saturated carbocycles. The molecule has 0 spiro atoms. The minimum absolute atomic E-state index is 0.112. The maximum Gasteiger partial charge on any atom is 0.419 e. The van der Waals surface area contributed by atoms with Crippen LogP contribution in [0.4, 0.5) is 30.9 Å². The second kappa shape index (κ2) is 7.95. The van der Waals surface area contributed by atoms with Crippen molar-refractivity contribution in [1.29, 1.82) is 0 Å². The van der Waals surface area contributed by atoms with Crippen LogP contribution in [-0.2, 0) is 15.7 Å². The molecular formula is C17H20F3N7O2. The molecule has 2 aromatic heterocycles. The van der Waals surface area contributed by atoms with E-state index >= 15 is 0 Å². The lowest BCUT2D eigenvalue weighted by Crippen LogP contribution is -2.40. The summed E-state index contributed by atoms with van der Waals surface area (Å²) in [7, 11) is 0. The lowest BCUT2D eigenvalue weighted by molar-refractivity contribution is -0.137. The Hall–Kier alpha value is -2.73. The van der Waals surface area contributed by atoms with Gasteiger partial charge in [-0.05, 0) is 6.07 Å².